The average molecular weight is 270 g/mol. The maximum atomic E-state index is 11.7. The van der Waals surface area contributed by atoms with E-state index < -0.39 is 0 Å². The molecule has 98 valence electrons. The van der Waals surface area contributed by atoms with Crippen LogP contribution in [0.3, 0.4) is 0 Å². The Kier molecular flexibility index (Phi) is 4.97. The summed E-state index contributed by atoms with van der Waals surface area (Å²) in [5.41, 5.74) is 6.56. The van der Waals surface area contributed by atoms with E-state index in [4.69, 9.17) is 5.73 Å². The van der Waals surface area contributed by atoms with Gasteiger partial charge in [-0.15, -0.1) is 12.4 Å². The summed E-state index contributed by atoms with van der Waals surface area (Å²) < 4.78 is 0. The van der Waals surface area contributed by atoms with Gasteiger partial charge >= 0.3 is 0 Å². The molecule has 0 radical (unpaired) electrons. The molecule has 0 bridgehead atoms. The standard InChI is InChI=1S/C12H15N3O2.ClH/c13-9-3-1-2-8(6-9)12(17)14-7-11(16)15-10-4-5-10;/h1-3,6,10H,4-5,7,13H2,(H,14,17)(H,15,16);1H. The summed E-state index contributed by atoms with van der Waals surface area (Å²) in [6.07, 6.45) is 2.07. The molecule has 2 rings (SSSR count). The molecule has 1 aliphatic rings. The van der Waals surface area contributed by atoms with Gasteiger partial charge in [0.2, 0.25) is 5.91 Å². The zero-order valence-corrected chi connectivity index (χ0v) is 10.6. The highest BCUT2D eigenvalue weighted by Crippen LogP contribution is 2.18. The van der Waals surface area contributed by atoms with Gasteiger partial charge in [-0.05, 0) is 31.0 Å². The van der Waals surface area contributed by atoms with E-state index in [1.54, 1.807) is 24.3 Å². The van der Waals surface area contributed by atoms with Crippen molar-refractivity contribution in [3.8, 4) is 0 Å². The third-order valence-electron chi connectivity index (χ3n) is 2.50. The molecule has 0 spiro atoms. The fourth-order valence-corrected chi connectivity index (χ4v) is 1.45. The Balaban J connectivity index is 0.00000162. The van der Waals surface area contributed by atoms with Crippen molar-refractivity contribution in [2.75, 3.05) is 12.3 Å². The lowest BCUT2D eigenvalue weighted by Gasteiger charge is -2.06. The van der Waals surface area contributed by atoms with Gasteiger partial charge in [0.25, 0.3) is 5.91 Å². The van der Waals surface area contributed by atoms with Crippen molar-refractivity contribution >= 4 is 29.9 Å². The number of hydrogen-bond acceptors (Lipinski definition) is 3. The molecule has 0 saturated heterocycles. The highest BCUT2D eigenvalue weighted by atomic mass is 35.5. The van der Waals surface area contributed by atoms with E-state index in [0.29, 0.717) is 17.3 Å². The van der Waals surface area contributed by atoms with E-state index in [2.05, 4.69) is 10.6 Å². The summed E-state index contributed by atoms with van der Waals surface area (Å²) in [4.78, 5) is 23.0. The highest BCUT2D eigenvalue weighted by molar-refractivity contribution is 5.97. The minimum atomic E-state index is -0.289. The van der Waals surface area contributed by atoms with Crippen LogP contribution in [0.15, 0.2) is 24.3 Å². The molecule has 2 amide bonds. The van der Waals surface area contributed by atoms with Gasteiger partial charge in [-0.25, -0.2) is 0 Å². The quantitative estimate of drug-likeness (QED) is 0.704. The van der Waals surface area contributed by atoms with Crippen LogP contribution in [0.4, 0.5) is 5.69 Å². The third-order valence-corrected chi connectivity index (χ3v) is 2.50. The molecule has 6 heteroatoms. The molecule has 1 aromatic carbocycles. The van der Waals surface area contributed by atoms with Crippen LogP contribution in [0.1, 0.15) is 23.2 Å². The lowest BCUT2D eigenvalue weighted by molar-refractivity contribution is -0.120. The summed E-state index contributed by atoms with van der Waals surface area (Å²) >= 11 is 0. The first-order chi connectivity index (χ1) is 8.15. The Hall–Kier alpha value is -1.75. The molecule has 1 aromatic rings. The largest absolute Gasteiger partial charge is 0.399 e. The van der Waals surface area contributed by atoms with Crippen molar-refractivity contribution in [3.05, 3.63) is 29.8 Å². The number of rotatable bonds is 4. The molecule has 0 aliphatic heterocycles. The van der Waals surface area contributed by atoms with Crippen LogP contribution in [0, 0.1) is 0 Å². The lowest BCUT2D eigenvalue weighted by Crippen LogP contribution is -2.37. The molecule has 0 unspecified atom stereocenters. The van der Waals surface area contributed by atoms with Gasteiger partial charge in [0, 0.05) is 17.3 Å². The molecule has 4 N–H and O–H groups in total. The first-order valence-corrected chi connectivity index (χ1v) is 5.58. The SMILES string of the molecule is Cl.Nc1cccc(C(=O)NCC(=O)NC2CC2)c1. The maximum Gasteiger partial charge on any atom is 0.251 e. The van der Waals surface area contributed by atoms with Crippen LogP contribution in [0.25, 0.3) is 0 Å². The molecule has 0 atom stereocenters. The second-order valence-electron chi connectivity index (χ2n) is 4.15. The summed E-state index contributed by atoms with van der Waals surface area (Å²) in [5.74, 6) is -0.437. The van der Waals surface area contributed by atoms with Crippen LogP contribution < -0.4 is 16.4 Å². The number of carbonyl (C=O) groups excluding carboxylic acids is 2. The van der Waals surface area contributed by atoms with Crippen LogP contribution >= 0.6 is 12.4 Å². The smallest absolute Gasteiger partial charge is 0.251 e. The molecule has 1 fully saturated rings. The van der Waals surface area contributed by atoms with E-state index >= 15 is 0 Å². The molecule has 0 aromatic heterocycles. The number of nitrogen functional groups attached to an aromatic ring is 1. The van der Waals surface area contributed by atoms with Crippen molar-refractivity contribution in [2.24, 2.45) is 0 Å². The van der Waals surface area contributed by atoms with Gasteiger partial charge in [0.15, 0.2) is 0 Å². The van der Waals surface area contributed by atoms with Gasteiger partial charge in [0.05, 0.1) is 6.54 Å². The van der Waals surface area contributed by atoms with Gasteiger partial charge in [-0.2, -0.15) is 0 Å². The minimum Gasteiger partial charge on any atom is -0.399 e. The molecule has 1 saturated carbocycles. The third kappa shape index (κ3) is 4.25. The summed E-state index contributed by atoms with van der Waals surface area (Å²) in [5, 5.41) is 5.35. The van der Waals surface area contributed by atoms with Crippen LogP contribution in [-0.2, 0) is 4.79 Å². The van der Waals surface area contributed by atoms with E-state index in [9.17, 15) is 9.59 Å². The lowest BCUT2D eigenvalue weighted by atomic mass is 10.2. The Morgan fingerprint density at radius 3 is 2.67 bits per heavy atom. The zero-order valence-electron chi connectivity index (χ0n) is 9.81. The Morgan fingerprint density at radius 1 is 1.33 bits per heavy atom. The summed E-state index contributed by atoms with van der Waals surface area (Å²) in [6.45, 7) is 0.00410. The molecule has 18 heavy (non-hydrogen) atoms. The van der Waals surface area contributed by atoms with Gasteiger partial charge in [0.1, 0.15) is 0 Å². The number of halogens is 1. The van der Waals surface area contributed by atoms with Gasteiger partial charge in [-0.1, -0.05) is 6.07 Å². The fraction of sp³-hybridized carbons (Fsp3) is 0.333. The maximum absolute atomic E-state index is 11.7. The molecule has 5 nitrogen and oxygen atoms in total. The van der Waals surface area contributed by atoms with Crippen molar-refractivity contribution in [3.63, 3.8) is 0 Å². The van der Waals surface area contributed by atoms with E-state index in [1.807, 2.05) is 0 Å². The Bertz CT molecular complexity index is 447. The minimum absolute atomic E-state index is 0. The number of hydrogen-bond donors (Lipinski definition) is 3. The van der Waals surface area contributed by atoms with Crippen molar-refractivity contribution < 1.29 is 9.59 Å². The fourth-order valence-electron chi connectivity index (χ4n) is 1.45. The Labute approximate surface area is 112 Å². The average Bonchev–Trinajstić information content (AvgIpc) is 3.10. The summed E-state index contributed by atoms with van der Waals surface area (Å²) in [6, 6.07) is 6.95. The number of nitrogens with two attached hydrogens (primary N) is 1. The molecular formula is C12H16ClN3O2. The van der Waals surface area contributed by atoms with E-state index in [0.717, 1.165) is 12.8 Å². The highest BCUT2D eigenvalue weighted by Gasteiger charge is 2.23. The number of nitrogens with one attached hydrogen (secondary N) is 2. The predicted molar refractivity (Wildman–Crippen MR) is 71.6 cm³/mol. The topological polar surface area (TPSA) is 84.2 Å². The van der Waals surface area contributed by atoms with E-state index in [1.165, 1.54) is 0 Å². The van der Waals surface area contributed by atoms with E-state index in [-0.39, 0.29) is 30.8 Å². The van der Waals surface area contributed by atoms with Gasteiger partial charge in [-0.3, -0.25) is 9.59 Å². The van der Waals surface area contributed by atoms with Crippen molar-refractivity contribution in [2.45, 2.75) is 18.9 Å². The number of carbonyl (C=O) groups is 2. The number of amides is 2. The summed E-state index contributed by atoms with van der Waals surface area (Å²) in [7, 11) is 0. The Morgan fingerprint density at radius 2 is 2.06 bits per heavy atom. The number of anilines is 1. The molecule has 0 heterocycles. The molecular weight excluding hydrogens is 254 g/mol. The zero-order chi connectivity index (χ0) is 12.3. The normalized spacial score (nSPS) is 13.3. The second-order valence-corrected chi connectivity index (χ2v) is 4.15. The first kappa shape index (κ1) is 14.3. The first-order valence-electron chi connectivity index (χ1n) is 5.58. The van der Waals surface area contributed by atoms with Crippen molar-refractivity contribution in [1.82, 2.24) is 10.6 Å². The predicted octanol–water partition coefficient (Wildman–Crippen LogP) is 0.699. The monoisotopic (exact) mass is 269 g/mol. The second kappa shape index (κ2) is 6.26. The van der Waals surface area contributed by atoms with Crippen LogP contribution in [0.2, 0.25) is 0 Å². The number of benzene rings is 1. The molecule has 1 aliphatic carbocycles. The van der Waals surface area contributed by atoms with Crippen LogP contribution in [-0.4, -0.2) is 24.4 Å². The van der Waals surface area contributed by atoms with Crippen LogP contribution in [0.5, 0.6) is 0 Å². The van der Waals surface area contributed by atoms with Crippen molar-refractivity contribution in [1.29, 1.82) is 0 Å². The van der Waals surface area contributed by atoms with Gasteiger partial charge < -0.3 is 16.4 Å².